The van der Waals surface area contributed by atoms with E-state index in [1.54, 1.807) is 0 Å². The summed E-state index contributed by atoms with van der Waals surface area (Å²) in [5.41, 5.74) is 4.61. The fourth-order valence-corrected chi connectivity index (χ4v) is 7.98. The monoisotopic (exact) mass is 752 g/mol. The number of benzene rings is 4. The highest BCUT2D eigenvalue weighted by molar-refractivity contribution is 9.10. The van der Waals surface area contributed by atoms with Crippen LogP contribution in [0.5, 0.6) is 11.5 Å². The number of unbranched alkanes of at least 4 members (excludes halogenated alkanes) is 3. The molecule has 0 aliphatic heterocycles. The van der Waals surface area contributed by atoms with Gasteiger partial charge in [-0.1, -0.05) is 145 Å². The first-order chi connectivity index (χ1) is 24.8. The Morgan fingerprint density at radius 1 is 0.667 bits per heavy atom. The highest BCUT2D eigenvalue weighted by Crippen LogP contribution is 2.42. The molecule has 0 fully saturated rings. The quantitative estimate of drug-likeness (QED) is 0.0553. The van der Waals surface area contributed by atoms with Crippen molar-refractivity contribution in [3.05, 3.63) is 59.1 Å². The number of hydrogen-bond acceptors (Lipinski definition) is 3. The lowest BCUT2D eigenvalue weighted by atomic mass is 9.91. The van der Waals surface area contributed by atoms with Crippen molar-refractivity contribution in [3.63, 3.8) is 0 Å². The van der Waals surface area contributed by atoms with E-state index in [1.807, 2.05) is 0 Å². The molecule has 4 nitrogen and oxygen atoms in total. The van der Waals surface area contributed by atoms with Crippen LogP contribution in [0.15, 0.2) is 59.1 Å². The number of ether oxygens (including phenoxy) is 2. The molecular weight excluding hydrogens is 691 g/mol. The van der Waals surface area contributed by atoms with E-state index in [2.05, 4.69) is 124 Å². The van der Waals surface area contributed by atoms with Crippen LogP contribution >= 0.6 is 15.9 Å². The Morgan fingerprint density at radius 2 is 1.27 bits per heavy atom. The number of imidazole rings is 1. The van der Waals surface area contributed by atoms with Gasteiger partial charge in [0.15, 0.2) is 0 Å². The fourth-order valence-electron chi connectivity index (χ4n) is 7.62. The third-order valence-corrected chi connectivity index (χ3v) is 11.6. The van der Waals surface area contributed by atoms with Gasteiger partial charge in [-0.25, -0.2) is 4.98 Å². The van der Waals surface area contributed by atoms with Crippen LogP contribution in [0.1, 0.15) is 119 Å². The van der Waals surface area contributed by atoms with Crippen LogP contribution in [0.4, 0.5) is 0 Å². The Labute approximate surface area is 317 Å². The largest absolute Gasteiger partial charge is 0.493 e. The standard InChI is InChI=1S/C45H62BBrN2O2/c1-7-13-16-31(10-4)28-49-44-41-25-34(46)19-22-38(41)37-23-20-35(47)26-40(37)43(44)48-45(49)39-24-21-36(50-29-32(11-5)17-14-8-2)27-42(39)51-30-33(12-6)18-15-9-3/h19-27,31-33H,7-18,28-30,46H2,1-6H3. The van der Waals surface area contributed by atoms with E-state index < -0.39 is 0 Å². The van der Waals surface area contributed by atoms with Crippen LogP contribution in [0, 0.1) is 17.8 Å². The molecule has 6 heteroatoms. The van der Waals surface area contributed by atoms with E-state index in [4.69, 9.17) is 14.5 Å². The Balaban J connectivity index is 1.72. The van der Waals surface area contributed by atoms with Crippen molar-refractivity contribution in [3.8, 4) is 22.9 Å². The zero-order chi connectivity index (χ0) is 36.3. The molecule has 1 heterocycles. The summed E-state index contributed by atoms with van der Waals surface area (Å²) in [4.78, 5) is 5.63. The van der Waals surface area contributed by atoms with Crippen molar-refractivity contribution in [1.82, 2.24) is 9.55 Å². The number of rotatable bonds is 21. The average Bonchev–Trinajstić information content (AvgIpc) is 3.52. The molecule has 0 bridgehead atoms. The van der Waals surface area contributed by atoms with Gasteiger partial charge in [0.25, 0.3) is 0 Å². The Hall–Kier alpha value is -2.99. The molecule has 5 aromatic rings. The highest BCUT2D eigenvalue weighted by Gasteiger charge is 2.24. The van der Waals surface area contributed by atoms with E-state index in [0.29, 0.717) is 24.4 Å². The summed E-state index contributed by atoms with van der Waals surface area (Å²) < 4.78 is 17.1. The van der Waals surface area contributed by atoms with E-state index in [0.717, 1.165) is 65.3 Å². The second kappa shape index (κ2) is 19.2. The number of fused-ring (bicyclic) bond motifs is 6. The smallest absolute Gasteiger partial charge is 0.144 e. The van der Waals surface area contributed by atoms with Gasteiger partial charge in [0.1, 0.15) is 25.2 Å². The molecule has 0 N–H and O–H groups in total. The van der Waals surface area contributed by atoms with Crippen molar-refractivity contribution in [2.75, 3.05) is 13.2 Å². The molecule has 1 aromatic heterocycles. The molecule has 51 heavy (non-hydrogen) atoms. The van der Waals surface area contributed by atoms with Crippen LogP contribution < -0.4 is 14.9 Å². The first-order valence-electron chi connectivity index (χ1n) is 20.3. The van der Waals surface area contributed by atoms with Gasteiger partial charge < -0.3 is 14.0 Å². The summed E-state index contributed by atoms with van der Waals surface area (Å²) in [6, 6.07) is 20.1. The predicted molar refractivity (Wildman–Crippen MR) is 227 cm³/mol. The first-order valence-corrected chi connectivity index (χ1v) is 21.1. The number of halogens is 1. The van der Waals surface area contributed by atoms with Crippen molar-refractivity contribution >= 4 is 61.8 Å². The summed E-state index contributed by atoms with van der Waals surface area (Å²) in [6.07, 6.45) is 14.4. The van der Waals surface area contributed by atoms with Crippen molar-refractivity contribution in [1.29, 1.82) is 0 Å². The van der Waals surface area contributed by atoms with Crippen molar-refractivity contribution in [2.24, 2.45) is 17.8 Å². The molecule has 0 amide bonds. The minimum absolute atomic E-state index is 0.520. The molecule has 274 valence electrons. The maximum Gasteiger partial charge on any atom is 0.144 e. The molecule has 5 rings (SSSR count). The lowest BCUT2D eigenvalue weighted by molar-refractivity contribution is 0.223. The normalized spacial score (nSPS) is 13.6. The number of nitrogens with zero attached hydrogens (tertiary/aromatic N) is 2. The zero-order valence-corrected chi connectivity index (χ0v) is 34.2. The van der Waals surface area contributed by atoms with Gasteiger partial charge in [0.2, 0.25) is 0 Å². The lowest BCUT2D eigenvalue weighted by Crippen LogP contribution is -2.14. The van der Waals surface area contributed by atoms with Crippen LogP contribution in [0.2, 0.25) is 0 Å². The summed E-state index contributed by atoms with van der Waals surface area (Å²) in [6.45, 7) is 16.1. The summed E-state index contributed by atoms with van der Waals surface area (Å²) in [7, 11) is 2.20. The maximum absolute atomic E-state index is 6.90. The van der Waals surface area contributed by atoms with Crippen LogP contribution in [-0.2, 0) is 6.54 Å². The summed E-state index contributed by atoms with van der Waals surface area (Å²) >= 11 is 3.80. The van der Waals surface area contributed by atoms with E-state index in [1.165, 1.54) is 90.3 Å². The van der Waals surface area contributed by atoms with Gasteiger partial charge in [0, 0.05) is 27.9 Å². The van der Waals surface area contributed by atoms with Gasteiger partial charge in [-0.2, -0.15) is 0 Å². The van der Waals surface area contributed by atoms with E-state index >= 15 is 0 Å². The number of hydrogen-bond donors (Lipinski definition) is 0. The summed E-state index contributed by atoms with van der Waals surface area (Å²) in [5, 5.41) is 4.98. The number of aromatic nitrogens is 2. The van der Waals surface area contributed by atoms with Crippen LogP contribution in [0.3, 0.4) is 0 Å². The van der Waals surface area contributed by atoms with Crippen LogP contribution in [-0.4, -0.2) is 30.6 Å². The second-order valence-electron chi connectivity index (χ2n) is 15.0. The van der Waals surface area contributed by atoms with Gasteiger partial charge >= 0.3 is 0 Å². The Kier molecular flexibility index (Phi) is 14.8. The molecule has 0 saturated carbocycles. The summed E-state index contributed by atoms with van der Waals surface area (Å²) in [5.74, 6) is 4.40. The highest BCUT2D eigenvalue weighted by atomic mass is 79.9. The second-order valence-corrected chi connectivity index (χ2v) is 15.9. The maximum atomic E-state index is 6.90. The molecule has 0 aliphatic rings. The minimum Gasteiger partial charge on any atom is -0.493 e. The van der Waals surface area contributed by atoms with Gasteiger partial charge in [-0.15, -0.1) is 0 Å². The Bertz CT molecular complexity index is 1870. The van der Waals surface area contributed by atoms with Gasteiger partial charge in [-0.3, -0.25) is 0 Å². The molecule has 0 aliphatic carbocycles. The van der Waals surface area contributed by atoms with Gasteiger partial charge in [-0.05, 0) is 72.1 Å². The molecular formula is C45H62BBrN2O2. The average molecular weight is 754 g/mol. The SMILES string of the molecule is Bc1ccc2c3ccc(Br)cc3c3nc(-c4ccc(OCC(CC)CCCC)cc4OCC(CC)CCCC)n(CC(CC)CCCC)c3c2c1. The van der Waals surface area contributed by atoms with Gasteiger partial charge in [0.05, 0.1) is 29.8 Å². The third kappa shape index (κ3) is 9.52. The molecule has 0 saturated heterocycles. The van der Waals surface area contributed by atoms with Crippen molar-refractivity contribution < 1.29 is 9.47 Å². The molecule has 0 radical (unpaired) electrons. The zero-order valence-electron chi connectivity index (χ0n) is 32.6. The van der Waals surface area contributed by atoms with E-state index in [9.17, 15) is 0 Å². The minimum atomic E-state index is 0.520. The van der Waals surface area contributed by atoms with Crippen molar-refractivity contribution in [2.45, 2.75) is 125 Å². The van der Waals surface area contributed by atoms with Crippen LogP contribution in [0.25, 0.3) is 44.0 Å². The topological polar surface area (TPSA) is 36.3 Å². The lowest BCUT2D eigenvalue weighted by Gasteiger charge is -2.22. The molecule has 3 atom stereocenters. The van der Waals surface area contributed by atoms with E-state index in [-0.39, 0.29) is 0 Å². The molecule has 0 spiro atoms. The Morgan fingerprint density at radius 3 is 1.92 bits per heavy atom. The molecule has 3 unspecified atom stereocenters. The fraction of sp³-hybridized carbons (Fsp3) is 0.533. The predicted octanol–water partition coefficient (Wildman–Crippen LogP) is 12.4. The first kappa shape index (κ1) is 39.2. The molecule has 4 aromatic carbocycles. The third-order valence-electron chi connectivity index (χ3n) is 11.1.